The lowest BCUT2D eigenvalue weighted by molar-refractivity contribution is 0.710. The molecular formula is C14H17N5. The average Bonchev–Trinajstić information content (AvgIpc) is 2.92. The number of aryl methyl sites for hydroxylation is 1. The number of hydrogen-bond donors (Lipinski definition) is 3. The predicted molar refractivity (Wildman–Crippen MR) is 75.8 cm³/mol. The molecule has 19 heavy (non-hydrogen) atoms. The summed E-state index contributed by atoms with van der Waals surface area (Å²) in [6.45, 7) is 3.93. The highest BCUT2D eigenvalue weighted by Crippen LogP contribution is 2.22. The molecule has 5 nitrogen and oxygen atoms in total. The first-order chi connectivity index (χ1) is 9.11. The zero-order valence-electron chi connectivity index (χ0n) is 11.1. The van der Waals surface area contributed by atoms with E-state index in [1.165, 1.54) is 0 Å². The van der Waals surface area contributed by atoms with Crippen LogP contribution in [0.4, 0.5) is 0 Å². The lowest BCUT2D eigenvalue weighted by Gasteiger charge is -2.01. The van der Waals surface area contributed by atoms with Crippen molar-refractivity contribution in [2.45, 2.75) is 26.3 Å². The number of aromatic amines is 2. The summed E-state index contributed by atoms with van der Waals surface area (Å²) in [5, 5.41) is 0. The number of imidazole rings is 2. The third kappa shape index (κ3) is 2.37. The molecule has 0 saturated carbocycles. The first-order valence-corrected chi connectivity index (χ1v) is 6.38. The molecule has 2 heterocycles. The molecule has 98 valence electrons. The molecule has 0 aliphatic heterocycles. The van der Waals surface area contributed by atoms with Crippen LogP contribution in [-0.2, 0) is 6.42 Å². The van der Waals surface area contributed by atoms with E-state index >= 15 is 0 Å². The summed E-state index contributed by atoms with van der Waals surface area (Å²) in [5.41, 5.74) is 9.90. The highest BCUT2D eigenvalue weighted by atomic mass is 14.9. The number of H-pyrrole nitrogens is 2. The van der Waals surface area contributed by atoms with Crippen molar-refractivity contribution < 1.29 is 0 Å². The standard InChI is InChI=1S/C14H17N5/c1-8(15)5-14-16-7-13(19-14)10-3-4-11-12(6-10)18-9(2)17-11/h3-4,6-8H,5,15H2,1-2H3,(H,16,19)(H,17,18). The second-order valence-electron chi connectivity index (χ2n) is 4.98. The first kappa shape index (κ1) is 11.9. The fourth-order valence-electron chi connectivity index (χ4n) is 2.22. The SMILES string of the molecule is Cc1nc2ccc(-c3cnc(CC(C)N)[nH]3)cc2[nH]1. The Morgan fingerprint density at radius 1 is 1.32 bits per heavy atom. The van der Waals surface area contributed by atoms with Crippen LogP contribution >= 0.6 is 0 Å². The van der Waals surface area contributed by atoms with Gasteiger partial charge in [-0.2, -0.15) is 0 Å². The molecule has 0 fully saturated rings. The summed E-state index contributed by atoms with van der Waals surface area (Å²) in [4.78, 5) is 15.3. The van der Waals surface area contributed by atoms with Crippen LogP contribution in [0.25, 0.3) is 22.3 Å². The Balaban J connectivity index is 1.96. The van der Waals surface area contributed by atoms with Crippen LogP contribution in [0, 0.1) is 6.92 Å². The van der Waals surface area contributed by atoms with Gasteiger partial charge in [0.2, 0.25) is 0 Å². The Morgan fingerprint density at radius 2 is 2.16 bits per heavy atom. The molecule has 0 aliphatic rings. The minimum Gasteiger partial charge on any atom is -0.342 e. The zero-order chi connectivity index (χ0) is 13.4. The second kappa shape index (κ2) is 4.51. The van der Waals surface area contributed by atoms with Crippen LogP contribution in [-0.4, -0.2) is 26.0 Å². The summed E-state index contributed by atoms with van der Waals surface area (Å²) in [5.74, 6) is 1.85. The predicted octanol–water partition coefficient (Wildman–Crippen LogP) is 2.15. The topological polar surface area (TPSA) is 83.4 Å². The summed E-state index contributed by atoms with van der Waals surface area (Å²) in [6.07, 6.45) is 2.60. The molecule has 1 unspecified atom stereocenters. The highest BCUT2D eigenvalue weighted by Gasteiger charge is 2.07. The van der Waals surface area contributed by atoms with Gasteiger partial charge in [-0.15, -0.1) is 0 Å². The molecule has 0 spiro atoms. The second-order valence-corrected chi connectivity index (χ2v) is 4.98. The summed E-state index contributed by atoms with van der Waals surface area (Å²) in [6, 6.07) is 6.25. The van der Waals surface area contributed by atoms with Crippen LogP contribution in [0.3, 0.4) is 0 Å². The molecule has 0 bridgehead atoms. The largest absolute Gasteiger partial charge is 0.342 e. The Bertz CT molecular complexity index is 708. The number of hydrogen-bond acceptors (Lipinski definition) is 3. The van der Waals surface area contributed by atoms with Crippen molar-refractivity contribution in [2.75, 3.05) is 0 Å². The number of nitrogens with two attached hydrogens (primary N) is 1. The van der Waals surface area contributed by atoms with Crippen LogP contribution in [0.15, 0.2) is 24.4 Å². The number of fused-ring (bicyclic) bond motifs is 1. The van der Waals surface area contributed by atoms with E-state index in [1.807, 2.05) is 32.2 Å². The van der Waals surface area contributed by atoms with Crippen molar-refractivity contribution in [3.05, 3.63) is 36.0 Å². The van der Waals surface area contributed by atoms with E-state index in [1.54, 1.807) is 0 Å². The van der Waals surface area contributed by atoms with Gasteiger partial charge in [0.1, 0.15) is 11.6 Å². The minimum absolute atomic E-state index is 0.108. The average molecular weight is 255 g/mol. The Hall–Kier alpha value is -2.14. The molecule has 0 amide bonds. The van der Waals surface area contributed by atoms with Crippen molar-refractivity contribution in [2.24, 2.45) is 5.73 Å². The molecule has 0 saturated heterocycles. The van der Waals surface area contributed by atoms with Crippen LogP contribution in [0.2, 0.25) is 0 Å². The molecule has 3 aromatic rings. The van der Waals surface area contributed by atoms with Crippen LogP contribution in [0.1, 0.15) is 18.6 Å². The maximum absolute atomic E-state index is 5.78. The van der Waals surface area contributed by atoms with Gasteiger partial charge in [-0.3, -0.25) is 0 Å². The Kier molecular flexibility index (Phi) is 2.83. The maximum Gasteiger partial charge on any atom is 0.108 e. The van der Waals surface area contributed by atoms with Crippen molar-refractivity contribution in [3.8, 4) is 11.3 Å². The van der Waals surface area contributed by atoms with Crippen LogP contribution < -0.4 is 5.73 Å². The van der Waals surface area contributed by atoms with Gasteiger partial charge in [0, 0.05) is 18.0 Å². The van der Waals surface area contributed by atoms with Gasteiger partial charge in [0.15, 0.2) is 0 Å². The fourth-order valence-corrected chi connectivity index (χ4v) is 2.22. The zero-order valence-corrected chi connectivity index (χ0v) is 11.1. The van der Waals surface area contributed by atoms with Gasteiger partial charge in [-0.25, -0.2) is 9.97 Å². The number of rotatable bonds is 3. The monoisotopic (exact) mass is 255 g/mol. The quantitative estimate of drug-likeness (QED) is 0.670. The van der Waals surface area contributed by atoms with Gasteiger partial charge in [0.05, 0.1) is 22.9 Å². The lowest BCUT2D eigenvalue weighted by atomic mass is 10.1. The van der Waals surface area contributed by atoms with Gasteiger partial charge in [0.25, 0.3) is 0 Å². The molecule has 4 N–H and O–H groups in total. The Labute approximate surface area is 111 Å². The van der Waals surface area contributed by atoms with E-state index in [2.05, 4.69) is 26.0 Å². The van der Waals surface area contributed by atoms with Crippen molar-refractivity contribution in [1.29, 1.82) is 0 Å². The Morgan fingerprint density at radius 3 is 2.95 bits per heavy atom. The molecule has 1 atom stereocenters. The maximum atomic E-state index is 5.78. The lowest BCUT2D eigenvalue weighted by Crippen LogP contribution is -2.18. The number of aromatic nitrogens is 4. The summed E-state index contributed by atoms with van der Waals surface area (Å²) < 4.78 is 0. The highest BCUT2D eigenvalue weighted by molar-refractivity contribution is 5.81. The number of nitrogens with one attached hydrogen (secondary N) is 2. The summed E-state index contributed by atoms with van der Waals surface area (Å²) >= 11 is 0. The third-order valence-corrected chi connectivity index (χ3v) is 3.06. The molecule has 0 radical (unpaired) electrons. The van der Waals surface area contributed by atoms with E-state index < -0.39 is 0 Å². The molecular weight excluding hydrogens is 238 g/mol. The smallest absolute Gasteiger partial charge is 0.108 e. The molecule has 3 rings (SSSR count). The van der Waals surface area contributed by atoms with E-state index in [4.69, 9.17) is 5.73 Å². The van der Waals surface area contributed by atoms with Gasteiger partial charge in [-0.1, -0.05) is 6.07 Å². The van der Waals surface area contributed by atoms with Crippen molar-refractivity contribution in [3.63, 3.8) is 0 Å². The minimum atomic E-state index is 0.108. The third-order valence-electron chi connectivity index (χ3n) is 3.06. The fraction of sp³-hybridized carbons (Fsp3) is 0.286. The van der Waals surface area contributed by atoms with Gasteiger partial charge >= 0.3 is 0 Å². The normalized spacial score (nSPS) is 13.0. The van der Waals surface area contributed by atoms with Crippen molar-refractivity contribution >= 4 is 11.0 Å². The molecule has 2 aromatic heterocycles. The summed E-state index contributed by atoms with van der Waals surface area (Å²) in [7, 11) is 0. The van der Waals surface area contributed by atoms with E-state index in [-0.39, 0.29) is 6.04 Å². The molecule has 1 aromatic carbocycles. The van der Waals surface area contributed by atoms with Gasteiger partial charge in [-0.05, 0) is 26.0 Å². The van der Waals surface area contributed by atoms with E-state index in [0.717, 1.165) is 40.4 Å². The number of benzene rings is 1. The molecule has 5 heteroatoms. The number of nitrogens with zero attached hydrogens (tertiary/aromatic N) is 2. The van der Waals surface area contributed by atoms with E-state index in [0.29, 0.717) is 0 Å². The van der Waals surface area contributed by atoms with Crippen molar-refractivity contribution in [1.82, 2.24) is 19.9 Å². The van der Waals surface area contributed by atoms with E-state index in [9.17, 15) is 0 Å². The first-order valence-electron chi connectivity index (χ1n) is 6.38. The van der Waals surface area contributed by atoms with Crippen LogP contribution in [0.5, 0.6) is 0 Å². The van der Waals surface area contributed by atoms with Gasteiger partial charge < -0.3 is 15.7 Å². The molecule has 0 aliphatic carbocycles.